The minimum Gasteiger partial charge on any atom is -0.398 e. The third-order valence-electron chi connectivity index (χ3n) is 2.61. The summed E-state index contributed by atoms with van der Waals surface area (Å²) in [7, 11) is -3.50. The number of rotatable bonds is 2. The van der Waals surface area contributed by atoms with Gasteiger partial charge in [0.2, 0.25) is 0 Å². The van der Waals surface area contributed by atoms with Crippen molar-refractivity contribution in [2.24, 2.45) is 0 Å². The van der Waals surface area contributed by atoms with E-state index in [0.717, 1.165) is 12.1 Å². The second-order valence-electron chi connectivity index (χ2n) is 3.71. The van der Waals surface area contributed by atoms with Crippen LogP contribution in [0, 0.1) is 5.82 Å². The predicted octanol–water partition coefficient (Wildman–Crippen LogP) is 0.971. The van der Waals surface area contributed by atoms with Crippen molar-refractivity contribution in [2.45, 2.75) is 16.6 Å². The fourth-order valence-corrected chi connectivity index (χ4v) is 3.40. The minimum absolute atomic E-state index is 0.00981. The molecule has 1 atom stereocenters. The van der Waals surface area contributed by atoms with Gasteiger partial charge in [0.05, 0.1) is 22.4 Å². The zero-order chi connectivity index (χ0) is 11.8. The zero-order valence-electron chi connectivity index (χ0n) is 8.52. The number of halogens is 1. The van der Waals surface area contributed by atoms with Gasteiger partial charge in [0, 0.05) is 6.61 Å². The van der Waals surface area contributed by atoms with Crippen LogP contribution in [0.5, 0.6) is 0 Å². The molecule has 1 saturated heterocycles. The molecule has 6 heteroatoms. The Bertz CT molecular complexity index is 495. The van der Waals surface area contributed by atoms with Gasteiger partial charge in [-0.1, -0.05) is 0 Å². The summed E-state index contributed by atoms with van der Waals surface area (Å²) < 4.78 is 42.0. The highest BCUT2D eigenvalue weighted by atomic mass is 32.2. The molecule has 1 aromatic carbocycles. The summed E-state index contributed by atoms with van der Waals surface area (Å²) in [4.78, 5) is -0.00981. The second-order valence-corrected chi connectivity index (χ2v) is 5.91. The predicted molar refractivity (Wildman–Crippen MR) is 57.2 cm³/mol. The number of hydrogen-bond donors (Lipinski definition) is 1. The van der Waals surface area contributed by atoms with E-state index in [1.165, 1.54) is 6.07 Å². The summed E-state index contributed by atoms with van der Waals surface area (Å²) in [6.45, 7) is 0.615. The van der Waals surface area contributed by atoms with E-state index >= 15 is 0 Å². The van der Waals surface area contributed by atoms with Gasteiger partial charge in [-0.2, -0.15) is 0 Å². The molecule has 88 valence electrons. The number of ether oxygens (including phenoxy) is 1. The Hall–Kier alpha value is -1.14. The summed E-state index contributed by atoms with van der Waals surface area (Å²) in [5, 5.41) is -0.569. The molecule has 1 heterocycles. The van der Waals surface area contributed by atoms with Crippen molar-refractivity contribution in [3.8, 4) is 0 Å². The Kier molecular flexibility index (Phi) is 2.86. The lowest BCUT2D eigenvalue weighted by atomic mass is 10.3. The van der Waals surface area contributed by atoms with E-state index in [0.29, 0.717) is 13.0 Å². The van der Waals surface area contributed by atoms with Gasteiger partial charge in [-0.15, -0.1) is 0 Å². The third-order valence-corrected chi connectivity index (χ3v) is 4.84. The second kappa shape index (κ2) is 4.03. The van der Waals surface area contributed by atoms with Crippen LogP contribution in [0.2, 0.25) is 0 Å². The molecular formula is C10H12FNO3S. The Morgan fingerprint density at radius 2 is 2.19 bits per heavy atom. The van der Waals surface area contributed by atoms with Crippen LogP contribution in [0.4, 0.5) is 10.1 Å². The highest BCUT2D eigenvalue weighted by Crippen LogP contribution is 2.27. The monoisotopic (exact) mass is 245 g/mol. The Balaban J connectivity index is 2.42. The summed E-state index contributed by atoms with van der Waals surface area (Å²) in [6.07, 6.45) is 0.457. The van der Waals surface area contributed by atoms with Gasteiger partial charge in [-0.25, -0.2) is 12.8 Å². The van der Waals surface area contributed by atoms with E-state index < -0.39 is 20.9 Å². The lowest BCUT2D eigenvalue weighted by molar-refractivity contribution is 0.198. The van der Waals surface area contributed by atoms with Crippen LogP contribution >= 0.6 is 0 Å². The summed E-state index contributed by atoms with van der Waals surface area (Å²) in [5.41, 5.74) is 5.47. The maximum atomic E-state index is 12.8. The SMILES string of the molecule is Nc1cc(F)ccc1S(=O)(=O)C1CCOC1. The summed E-state index contributed by atoms with van der Waals surface area (Å²) in [5.74, 6) is -0.542. The fraction of sp³-hybridized carbons (Fsp3) is 0.400. The van der Waals surface area contributed by atoms with E-state index in [9.17, 15) is 12.8 Å². The lowest BCUT2D eigenvalue weighted by Gasteiger charge is -2.11. The first-order chi connectivity index (χ1) is 7.51. The molecule has 1 aliphatic rings. The van der Waals surface area contributed by atoms with E-state index in [1.54, 1.807) is 0 Å². The highest BCUT2D eigenvalue weighted by molar-refractivity contribution is 7.92. The van der Waals surface area contributed by atoms with Crippen LogP contribution in [0.3, 0.4) is 0 Å². The van der Waals surface area contributed by atoms with Crippen LogP contribution in [-0.2, 0) is 14.6 Å². The lowest BCUT2D eigenvalue weighted by Crippen LogP contribution is -2.22. The normalized spacial score (nSPS) is 21.2. The number of anilines is 1. The van der Waals surface area contributed by atoms with Gasteiger partial charge in [0.1, 0.15) is 5.82 Å². The quantitative estimate of drug-likeness (QED) is 0.622. The molecule has 2 rings (SSSR count). The van der Waals surface area contributed by atoms with Gasteiger partial charge in [-0.05, 0) is 24.6 Å². The number of sulfone groups is 1. The van der Waals surface area contributed by atoms with Crippen molar-refractivity contribution in [1.82, 2.24) is 0 Å². The van der Waals surface area contributed by atoms with Crippen molar-refractivity contribution in [2.75, 3.05) is 18.9 Å². The molecule has 0 aliphatic carbocycles. The topological polar surface area (TPSA) is 69.4 Å². The molecule has 1 unspecified atom stereocenters. The molecule has 0 spiro atoms. The van der Waals surface area contributed by atoms with Crippen LogP contribution in [0.1, 0.15) is 6.42 Å². The fourth-order valence-electron chi connectivity index (χ4n) is 1.72. The smallest absolute Gasteiger partial charge is 0.185 e. The molecule has 1 aromatic rings. The highest BCUT2D eigenvalue weighted by Gasteiger charge is 2.32. The molecule has 2 N–H and O–H groups in total. The molecule has 1 fully saturated rings. The number of hydrogen-bond acceptors (Lipinski definition) is 4. The van der Waals surface area contributed by atoms with Crippen molar-refractivity contribution in [1.29, 1.82) is 0 Å². The zero-order valence-corrected chi connectivity index (χ0v) is 9.34. The number of nitrogens with two attached hydrogens (primary N) is 1. The van der Waals surface area contributed by atoms with Crippen molar-refractivity contribution < 1.29 is 17.5 Å². The van der Waals surface area contributed by atoms with Gasteiger partial charge in [0.15, 0.2) is 9.84 Å². The first kappa shape index (κ1) is 11.3. The van der Waals surface area contributed by atoms with E-state index in [-0.39, 0.29) is 17.2 Å². The van der Waals surface area contributed by atoms with Crippen molar-refractivity contribution in [3.63, 3.8) is 0 Å². The van der Waals surface area contributed by atoms with Crippen LogP contribution in [0.25, 0.3) is 0 Å². The first-order valence-corrected chi connectivity index (χ1v) is 6.43. The minimum atomic E-state index is -3.50. The Morgan fingerprint density at radius 3 is 2.75 bits per heavy atom. The largest absolute Gasteiger partial charge is 0.398 e. The van der Waals surface area contributed by atoms with Crippen LogP contribution < -0.4 is 5.73 Å². The van der Waals surface area contributed by atoms with Crippen LogP contribution in [0.15, 0.2) is 23.1 Å². The van der Waals surface area contributed by atoms with Gasteiger partial charge >= 0.3 is 0 Å². The molecular weight excluding hydrogens is 233 g/mol. The number of nitrogen functional groups attached to an aromatic ring is 1. The maximum absolute atomic E-state index is 12.8. The molecule has 0 saturated carbocycles. The molecule has 16 heavy (non-hydrogen) atoms. The standard InChI is InChI=1S/C10H12FNO3S/c11-7-1-2-10(9(12)5-7)16(13,14)8-3-4-15-6-8/h1-2,5,8H,3-4,6,12H2. The molecule has 4 nitrogen and oxygen atoms in total. The van der Waals surface area contributed by atoms with Crippen molar-refractivity contribution in [3.05, 3.63) is 24.0 Å². The van der Waals surface area contributed by atoms with Gasteiger partial charge in [-0.3, -0.25) is 0 Å². The Labute approximate surface area is 93.1 Å². The average molecular weight is 245 g/mol. The Morgan fingerprint density at radius 1 is 1.44 bits per heavy atom. The molecule has 0 bridgehead atoms. The number of benzene rings is 1. The maximum Gasteiger partial charge on any atom is 0.185 e. The van der Waals surface area contributed by atoms with E-state index in [2.05, 4.69) is 0 Å². The van der Waals surface area contributed by atoms with Crippen molar-refractivity contribution >= 4 is 15.5 Å². The summed E-state index contributed by atoms with van der Waals surface area (Å²) in [6, 6.07) is 3.32. The molecule has 1 aliphatic heterocycles. The molecule has 0 radical (unpaired) electrons. The van der Waals surface area contributed by atoms with E-state index in [1.807, 2.05) is 0 Å². The average Bonchev–Trinajstić information content (AvgIpc) is 2.69. The first-order valence-electron chi connectivity index (χ1n) is 4.88. The van der Waals surface area contributed by atoms with Gasteiger partial charge < -0.3 is 10.5 Å². The third kappa shape index (κ3) is 1.90. The van der Waals surface area contributed by atoms with Crippen LogP contribution in [-0.4, -0.2) is 26.9 Å². The molecule has 0 aromatic heterocycles. The van der Waals surface area contributed by atoms with E-state index in [4.69, 9.17) is 10.5 Å². The van der Waals surface area contributed by atoms with Gasteiger partial charge in [0.25, 0.3) is 0 Å². The summed E-state index contributed by atoms with van der Waals surface area (Å²) >= 11 is 0. The molecule has 0 amide bonds.